The molecule has 0 aliphatic carbocycles. The number of esters is 1. The SMILES string of the molecule is C=N.COC(=O)[C@H](Cc1ccc(-c2cccc(N)c2)cc1)NS(C)(=O)=O. The second kappa shape index (κ2) is 9.69. The Labute approximate surface area is 153 Å². The van der Waals surface area contributed by atoms with Gasteiger partial charge in [0.05, 0.1) is 13.4 Å². The fourth-order valence-corrected chi connectivity index (χ4v) is 3.06. The molecule has 0 radical (unpaired) electrons. The zero-order valence-corrected chi connectivity index (χ0v) is 15.5. The van der Waals surface area contributed by atoms with Crippen molar-refractivity contribution in [2.45, 2.75) is 12.5 Å². The highest BCUT2D eigenvalue weighted by Crippen LogP contribution is 2.22. The van der Waals surface area contributed by atoms with Gasteiger partial charge < -0.3 is 15.9 Å². The number of hydrogen-bond donors (Lipinski definition) is 3. The van der Waals surface area contributed by atoms with Crippen LogP contribution in [0.4, 0.5) is 5.69 Å². The number of nitrogens with two attached hydrogens (primary N) is 1. The molecule has 0 saturated heterocycles. The van der Waals surface area contributed by atoms with E-state index in [1.54, 1.807) is 0 Å². The van der Waals surface area contributed by atoms with E-state index in [0.717, 1.165) is 22.9 Å². The zero-order chi connectivity index (χ0) is 19.7. The third-order valence-electron chi connectivity index (χ3n) is 3.46. The highest BCUT2D eigenvalue weighted by atomic mass is 32.2. The summed E-state index contributed by atoms with van der Waals surface area (Å²) < 4.78 is 29.7. The fraction of sp³-hybridized carbons (Fsp3) is 0.222. The summed E-state index contributed by atoms with van der Waals surface area (Å²) in [6.07, 6.45) is 1.21. The van der Waals surface area contributed by atoms with Gasteiger partial charge in [-0.2, -0.15) is 0 Å². The molecular weight excluding hydrogens is 354 g/mol. The van der Waals surface area contributed by atoms with E-state index in [-0.39, 0.29) is 6.42 Å². The molecule has 0 bridgehead atoms. The van der Waals surface area contributed by atoms with Gasteiger partial charge in [-0.3, -0.25) is 4.79 Å². The van der Waals surface area contributed by atoms with E-state index < -0.39 is 22.0 Å². The highest BCUT2D eigenvalue weighted by Gasteiger charge is 2.23. The highest BCUT2D eigenvalue weighted by molar-refractivity contribution is 7.88. The number of rotatable bonds is 6. The maximum absolute atomic E-state index is 11.8. The summed E-state index contributed by atoms with van der Waals surface area (Å²) in [6.45, 7) is 2.50. The van der Waals surface area contributed by atoms with Crippen LogP contribution in [0.15, 0.2) is 48.5 Å². The van der Waals surface area contributed by atoms with Crippen LogP contribution in [0.25, 0.3) is 11.1 Å². The largest absolute Gasteiger partial charge is 0.468 e. The van der Waals surface area contributed by atoms with Crippen LogP contribution in [-0.2, 0) is 26.0 Å². The number of carbonyl (C=O) groups excluding carboxylic acids is 1. The van der Waals surface area contributed by atoms with Gasteiger partial charge in [0.1, 0.15) is 6.04 Å². The molecule has 26 heavy (non-hydrogen) atoms. The van der Waals surface area contributed by atoms with Crippen LogP contribution in [0.1, 0.15) is 5.56 Å². The summed E-state index contributed by atoms with van der Waals surface area (Å²) in [5.41, 5.74) is 9.25. The summed E-state index contributed by atoms with van der Waals surface area (Å²) in [5, 5.41) is 5.50. The van der Waals surface area contributed by atoms with Crippen LogP contribution in [0, 0.1) is 5.41 Å². The third kappa shape index (κ3) is 6.66. The lowest BCUT2D eigenvalue weighted by atomic mass is 10.0. The summed E-state index contributed by atoms with van der Waals surface area (Å²) in [5.74, 6) is -0.625. The van der Waals surface area contributed by atoms with Crippen LogP contribution in [0.2, 0.25) is 0 Å². The van der Waals surface area contributed by atoms with Gasteiger partial charge in [0, 0.05) is 5.69 Å². The first-order chi connectivity index (χ1) is 12.3. The van der Waals surface area contributed by atoms with E-state index in [4.69, 9.17) is 11.1 Å². The molecule has 0 aliphatic heterocycles. The van der Waals surface area contributed by atoms with Gasteiger partial charge in [0.2, 0.25) is 10.0 Å². The maximum Gasteiger partial charge on any atom is 0.324 e. The molecule has 0 amide bonds. The average molecular weight is 377 g/mol. The quantitative estimate of drug-likeness (QED) is 0.403. The molecule has 7 nitrogen and oxygen atoms in total. The zero-order valence-electron chi connectivity index (χ0n) is 14.7. The lowest BCUT2D eigenvalue weighted by Gasteiger charge is -2.15. The molecule has 1 atom stereocenters. The number of methoxy groups -OCH3 is 1. The van der Waals surface area contributed by atoms with Crippen LogP contribution < -0.4 is 10.5 Å². The number of nitrogen functional groups attached to an aromatic ring is 1. The summed E-state index contributed by atoms with van der Waals surface area (Å²) in [7, 11) is -2.29. The number of hydrogen-bond acceptors (Lipinski definition) is 6. The Hall–Kier alpha value is -2.71. The van der Waals surface area contributed by atoms with Gasteiger partial charge in [-0.15, -0.1) is 0 Å². The van der Waals surface area contributed by atoms with Crippen molar-refractivity contribution >= 4 is 28.4 Å². The molecule has 0 aromatic heterocycles. The number of anilines is 1. The van der Waals surface area contributed by atoms with Crippen molar-refractivity contribution in [3.63, 3.8) is 0 Å². The van der Waals surface area contributed by atoms with Crippen molar-refractivity contribution in [3.05, 3.63) is 54.1 Å². The molecule has 8 heteroatoms. The third-order valence-corrected chi connectivity index (χ3v) is 4.17. The predicted octanol–water partition coefficient (Wildman–Crippen LogP) is 1.83. The molecule has 0 heterocycles. The number of carbonyl (C=O) groups is 1. The minimum Gasteiger partial charge on any atom is -0.468 e. The second-order valence-corrected chi connectivity index (χ2v) is 7.27. The smallest absolute Gasteiger partial charge is 0.324 e. The van der Waals surface area contributed by atoms with Crippen molar-refractivity contribution < 1.29 is 17.9 Å². The second-order valence-electron chi connectivity index (χ2n) is 5.49. The standard InChI is InChI=1S/C17H20N2O4S.CH3N/c1-23-17(20)16(19-24(2,21)22)10-12-6-8-13(9-7-12)14-4-3-5-15(18)11-14;1-2/h3-9,11,16,19H,10,18H2,1-2H3;2H,1H2/t16-;/m0./s1. The normalized spacial score (nSPS) is 11.8. The van der Waals surface area contributed by atoms with Crippen LogP contribution in [0.5, 0.6) is 0 Å². The van der Waals surface area contributed by atoms with E-state index in [1.807, 2.05) is 48.5 Å². The van der Waals surface area contributed by atoms with Crippen molar-refractivity contribution in [3.8, 4) is 11.1 Å². The van der Waals surface area contributed by atoms with Crippen molar-refractivity contribution in [1.82, 2.24) is 4.72 Å². The molecule has 0 fully saturated rings. The van der Waals surface area contributed by atoms with Crippen LogP contribution >= 0.6 is 0 Å². The van der Waals surface area contributed by atoms with E-state index in [9.17, 15) is 13.2 Å². The number of ether oxygens (including phenoxy) is 1. The minimum atomic E-state index is -3.52. The van der Waals surface area contributed by atoms with E-state index in [1.165, 1.54) is 7.11 Å². The Balaban J connectivity index is 0.00000163. The number of benzene rings is 2. The van der Waals surface area contributed by atoms with Gasteiger partial charge in [0.15, 0.2) is 0 Å². The number of sulfonamides is 1. The first-order valence-electron chi connectivity index (χ1n) is 7.64. The average Bonchev–Trinajstić information content (AvgIpc) is 2.61. The molecule has 4 N–H and O–H groups in total. The topological polar surface area (TPSA) is 122 Å². The first kappa shape index (κ1) is 21.3. The van der Waals surface area contributed by atoms with Crippen molar-refractivity contribution in [2.75, 3.05) is 19.1 Å². The Morgan fingerprint density at radius 1 is 1.19 bits per heavy atom. The van der Waals surface area contributed by atoms with Gasteiger partial charge in [-0.25, -0.2) is 13.1 Å². The Morgan fingerprint density at radius 2 is 1.81 bits per heavy atom. The molecule has 2 rings (SSSR count). The molecule has 140 valence electrons. The summed E-state index contributed by atoms with van der Waals surface area (Å²) >= 11 is 0. The van der Waals surface area contributed by atoms with E-state index >= 15 is 0 Å². The van der Waals surface area contributed by atoms with Gasteiger partial charge in [-0.05, 0) is 42.0 Å². The molecule has 0 aliphatic rings. The molecule has 0 unspecified atom stereocenters. The minimum absolute atomic E-state index is 0.205. The Kier molecular flexibility index (Phi) is 7.95. The van der Waals surface area contributed by atoms with E-state index in [0.29, 0.717) is 5.69 Å². The lowest BCUT2D eigenvalue weighted by molar-refractivity contribution is -0.142. The lowest BCUT2D eigenvalue weighted by Crippen LogP contribution is -2.42. The molecule has 2 aromatic rings. The van der Waals surface area contributed by atoms with E-state index in [2.05, 4.69) is 16.2 Å². The Bertz CT molecular complexity index is 836. The summed E-state index contributed by atoms with van der Waals surface area (Å²) in [6, 6.07) is 14.1. The molecular formula is C18H23N3O4S. The maximum atomic E-state index is 11.8. The van der Waals surface area contributed by atoms with Crippen LogP contribution in [0.3, 0.4) is 0 Å². The van der Waals surface area contributed by atoms with Crippen molar-refractivity contribution in [2.24, 2.45) is 0 Å². The first-order valence-corrected chi connectivity index (χ1v) is 9.53. The Morgan fingerprint density at radius 3 is 2.31 bits per heavy atom. The van der Waals surface area contributed by atoms with Crippen LogP contribution in [-0.4, -0.2) is 40.5 Å². The molecule has 0 saturated carbocycles. The number of nitrogens with one attached hydrogen (secondary N) is 2. The van der Waals surface area contributed by atoms with Gasteiger partial charge in [-0.1, -0.05) is 36.4 Å². The molecule has 0 spiro atoms. The monoisotopic (exact) mass is 377 g/mol. The van der Waals surface area contributed by atoms with Gasteiger partial charge >= 0.3 is 5.97 Å². The molecule has 2 aromatic carbocycles. The predicted molar refractivity (Wildman–Crippen MR) is 104 cm³/mol. The summed E-state index contributed by atoms with van der Waals surface area (Å²) in [4.78, 5) is 11.8. The van der Waals surface area contributed by atoms with Crippen molar-refractivity contribution in [1.29, 1.82) is 5.41 Å². The fourth-order valence-electron chi connectivity index (χ4n) is 2.36. The van der Waals surface area contributed by atoms with Gasteiger partial charge in [0.25, 0.3) is 0 Å².